The van der Waals surface area contributed by atoms with E-state index in [4.69, 9.17) is 5.10 Å². The van der Waals surface area contributed by atoms with Gasteiger partial charge in [0.05, 0.1) is 17.6 Å². The summed E-state index contributed by atoms with van der Waals surface area (Å²) in [5, 5.41) is 10.8. The van der Waals surface area contributed by atoms with Gasteiger partial charge in [-0.3, -0.25) is 9.48 Å². The molecular weight excluding hydrogens is 358 g/mol. The van der Waals surface area contributed by atoms with Gasteiger partial charge in [0.2, 0.25) is 0 Å². The lowest BCUT2D eigenvalue weighted by Crippen LogP contribution is -2.17. The van der Waals surface area contributed by atoms with Gasteiger partial charge in [0, 0.05) is 18.0 Å². The van der Waals surface area contributed by atoms with Gasteiger partial charge < -0.3 is 4.98 Å². The van der Waals surface area contributed by atoms with Gasteiger partial charge in [0.25, 0.3) is 5.91 Å². The number of benzene rings is 1. The summed E-state index contributed by atoms with van der Waals surface area (Å²) in [5.41, 5.74) is 5.86. The molecule has 6 nitrogen and oxygen atoms in total. The molecule has 2 N–H and O–H groups in total. The number of amides is 1. The molecule has 134 valence electrons. The van der Waals surface area contributed by atoms with Gasteiger partial charge in [-0.25, -0.2) is 5.43 Å². The van der Waals surface area contributed by atoms with E-state index in [0.717, 1.165) is 16.1 Å². The summed E-state index contributed by atoms with van der Waals surface area (Å²) < 4.78 is 1.89. The molecule has 0 aliphatic heterocycles. The summed E-state index contributed by atoms with van der Waals surface area (Å²) in [5.74, 6) is -0.286. The van der Waals surface area contributed by atoms with Crippen molar-refractivity contribution >= 4 is 23.5 Å². The number of nitrogens with one attached hydrogen (secondary N) is 2. The molecule has 1 amide bonds. The summed E-state index contributed by atoms with van der Waals surface area (Å²) in [7, 11) is 0. The lowest BCUT2D eigenvalue weighted by Gasteiger charge is -2.00. The third kappa shape index (κ3) is 4.04. The molecule has 1 aromatic carbocycles. The maximum absolute atomic E-state index is 12.0. The Bertz CT molecular complexity index is 1030. The third-order valence-corrected chi connectivity index (χ3v) is 4.82. The van der Waals surface area contributed by atoms with E-state index in [-0.39, 0.29) is 5.91 Å². The SMILES string of the molecule is O=C(N/N=C\c1cn(Cc2ccccc2)nc1-c1cccs1)c1ccc[nH]1. The van der Waals surface area contributed by atoms with Crippen LogP contribution in [0.5, 0.6) is 0 Å². The molecule has 0 aliphatic carbocycles. The molecule has 4 rings (SSSR count). The zero-order valence-corrected chi connectivity index (χ0v) is 15.2. The number of nitrogens with zero attached hydrogens (tertiary/aromatic N) is 3. The van der Waals surface area contributed by atoms with E-state index in [0.29, 0.717) is 12.2 Å². The highest BCUT2D eigenvalue weighted by atomic mass is 32.1. The molecule has 0 spiro atoms. The number of H-pyrrole nitrogens is 1. The van der Waals surface area contributed by atoms with Gasteiger partial charge in [0.15, 0.2) is 0 Å². The number of carbonyl (C=O) groups excluding carboxylic acids is 1. The monoisotopic (exact) mass is 375 g/mol. The lowest BCUT2D eigenvalue weighted by molar-refractivity contribution is 0.0951. The fourth-order valence-corrected chi connectivity index (χ4v) is 3.41. The van der Waals surface area contributed by atoms with Crippen molar-refractivity contribution in [3.8, 4) is 10.6 Å². The average molecular weight is 375 g/mol. The van der Waals surface area contributed by atoms with E-state index in [1.54, 1.807) is 35.9 Å². The van der Waals surface area contributed by atoms with Crippen LogP contribution >= 0.6 is 11.3 Å². The second-order valence-corrected chi connectivity index (χ2v) is 6.82. The van der Waals surface area contributed by atoms with Crippen LogP contribution in [-0.2, 0) is 6.54 Å². The van der Waals surface area contributed by atoms with Crippen LogP contribution in [0.15, 0.2) is 77.5 Å². The van der Waals surface area contributed by atoms with E-state index < -0.39 is 0 Å². The Morgan fingerprint density at radius 2 is 2.07 bits per heavy atom. The Kier molecular flexibility index (Phi) is 4.93. The second kappa shape index (κ2) is 7.84. The Hall–Kier alpha value is -3.45. The quantitative estimate of drug-likeness (QED) is 0.398. The van der Waals surface area contributed by atoms with Crippen LogP contribution < -0.4 is 5.43 Å². The lowest BCUT2D eigenvalue weighted by atomic mass is 10.2. The van der Waals surface area contributed by atoms with Crippen molar-refractivity contribution in [1.82, 2.24) is 20.2 Å². The number of hydrogen-bond donors (Lipinski definition) is 2. The summed E-state index contributed by atoms with van der Waals surface area (Å²) in [4.78, 5) is 15.9. The number of aromatic nitrogens is 3. The van der Waals surface area contributed by atoms with Gasteiger partial charge in [-0.1, -0.05) is 36.4 Å². The highest BCUT2D eigenvalue weighted by molar-refractivity contribution is 7.13. The minimum atomic E-state index is -0.286. The van der Waals surface area contributed by atoms with Gasteiger partial charge in [-0.15, -0.1) is 11.3 Å². The number of thiophene rings is 1. The fourth-order valence-electron chi connectivity index (χ4n) is 2.68. The Morgan fingerprint density at radius 1 is 1.19 bits per heavy atom. The molecule has 0 atom stereocenters. The largest absolute Gasteiger partial charge is 0.357 e. The number of hydrazone groups is 1. The predicted octanol–water partition coefficient (Wildman–Crippen LogP) is 3.75. The number of hydrogen-bond acceptors (Lipinski definition) is 4. The number of carbonyl (C=O) groups is 1. The summed E-state index contributed by atoms with van der Waals surface area (Å²) in [6.07, 6.45) is 5.26. The summed E-state index contributed by atoms with van der Waals surface area (Å²) in [6, 6.07) is 17.6. The smallest absolute Gasteiger partial charge is 0.287 e. The number of rotatable bonds is 6. The Balaban J connectivity index is 1.56. The maximum Gasteiger partial charge on any atom is 0.287 e. The van der Waals surface area contributed by atoms with E-state index >= 15 is 0 Å². The topological polar surface area (TPSA) is 75.1 Å². The highest BCUT2D eigenvalue weighted by Gasteiger charge is 2.11. The van der Waals surface area contributed by atoms with Gasteiger partial charge in [0.1, 0.15) is 11.4 Å². The molecule has 4 aromatic rings. The van der Waals surface area contributed by atoms with Crippen molar-refractivity contribution in [1.29, 1.82) is 0 Å². The average Bonchev–Trinajstić information content (AvgIpc) is 3.44. The van der Waals surface area contributed by atoms with Crippen LogP contribution in [0.2, 0.25) is 0 Å². The molecule has 3 heterocycles. The maximum atomic E-state index is 12.0. The van der Waals surface area contributed by atoms with Crippen molar-refractivity contribution < 1.29 is 4.79 Å². The molecule has 0 fully saturated rings. The first kappa shape index (κ1) is 17.0. The third-order valence-electron chi connectivity index (χ3n) is 3.94. The summed E-state index contributed by atoms with van der Waals surface area (Å²) in [6.45, 7) is 0.669. The van der Waals surface area contributed by atoms with Crippen molar-refractivity contribution in [3.63, 3.8) is 0 Å². The standard InChI is InChI=1S/C20H17N5OS/c26-20(17-8-4-10-21-17)23-22-12-16-14-25(13-15-6-2-1-3-7-15)24-19(16)18-9-5-11-27-18/h1-12,14,21H,13H2,(H,23,26)/b22-12-. The van der Waals surface area contributed by atoms with E-state index in [2.05, 4.69) is 27.6 Å². The highest BCUT2D eigenvalue weighted by Crippen LogP contribution is 2.26. The molecule has 27 heavy (non-hydrogen) atoms. The van der Waals surface area contributed by atoms with Gasteiger partial charge >= 0.3 is 0 Å². The predicted molar refractivity (Wildman–Crippen MR) is 107 cm³/mol. The first-order valence-corrected chi connectivity index (χ1v) is 9.29. The van der Waals surface area contributed by atoms with E-state index in [1.807, 2.05) is 46.6 Å². The van der Waals surface area contributed by atoms with Crippen molar-refractivity contribution in [2.24, 2.45) is 5.10 Å². The molecule has 0 saturated carbocycles. The minimum Gasteiger partial charge on any atom is -0.357 e. The van der Waals surface area contributed by atoms with Crippen molar-refractivity contribution in [3.05, 3.63) is 89.2 Å². The van der Waals surface area contributed by atoms with Crippen LogP contribution in [0.25, 0.3) is 10.6 Å². The molecule has 0 unspecified atom stereocenters. The minimum absolute atomic E-state index is 0.286. The molecule has 0 radical (unpaired) electrons. The summed E-state index contributed by atoms with van der Waals surface area (Å²) >= 11 is 1.62. The second-order valence-electron chi connectivity index (χ2n) is 5.88. The molecule has 7 heteroatoms. The van der Waals surface area contributed by atoms with Crippen molar-refractivity contribution in [2.45, 2.75) is 6.54 Å². The van der Waals surface area contributed by atoms with E-state index in [1.165, 1.54) is 5.56 Å². The van der Waals surface area contributed by atoms with Crippen LogP contribution in [0, 0.1) is 0 Å². The van der Waals surface area contributed by atoms with Crippen LogP contribution in [-0.4, -0.2) is 26.9 Å². The van der Waals surface area contributed by atoms with Crippen LogP contribution in [0.1, 0.15) is 21.6 Å². The fraction of sp³-hybridized carbons (Fsp3) is 0.0500. The van der Waals surface area contributed by atoms with Crippen LogP contribution in [0.4, 0.5) is 0 Å². The zero-order valence-electron chi connectivity index (χ0n) is 14.4. The Labute approximate surface area is 160 Å². The Morgan fingerprint density at radius 3 is 2.81 bits per heavy atom. The molecule has 0 aliphatic rings. The van der Waals surface area contributed by atoms with Gasteiger partial charge in [-0.05, 0) is 29.1 Å². The molecular formula is C20H17N5OS. The van der Waals surface area contributed by atoms with Gasteiger partial charge in [-0.2, -0.15) is 10.2 Å². The normalized spacial score (nSPS) is 11.1. The first-order chi connectivity index (χ1) is 13.3. The zero-order chi connectivity index (χ0) is 18.5. The first-order valence-electron chi connectivity index (χ1n) is 8.41. The molecule has 0 bridgehead atoms. The van der Waals surface area contributed by atoms with Crippen LogP contribution in [0.3, 0.4) is 0 Å². The van der Waals surface area contributed by atoms with Crippen molar-refractivity contribution in [2.75, 3.05) is 0 Å². The molecule has 0 saturated heterocycles. The number of aromatic amines is 1. The molecule has 3 aromatic heterocycles. The van der Waals surface area contributed by atoms with E-state index in [9.17, 15) is 4.79 Å².